The summed E-state index contributed by atoms with van der Waals surface area (Å²) in [6.07, 6.45) is 8.50. The number of carboxylic acids is 1. The predicted molar refractivity (Wildman–Crippen MR) is 85.5 cm³/mol. The summed E-state index contributed by atoms with van der Waals surface area (Å²) < 4.78 is 0. The van der Waals surface area contributed by atoms with Crippen LogP contribution < -0.4 is 4.90 Å². The maximum absolute atomic E-state index is 11.4. The molecule has 1 N–H and O–H groups in total. The fourth-order valence-corrected chi connectivity index (χ4v) is 4.34. The van der Waals surface area contributed by atoms with Crippen molar-refractivity contribution in [1.82, 2.24) is 4.98 Å². The van der Waals surface area contributed by atoms with Gasteiger partial charge >= 0.3 is 5.97 Å². The summed E-state index contributed by atoms with van der Waals surface area (Å²) in [4.78, 5) is 18.9. The lowest BCUT2D eigenvalue weighted by Gasteiger charge is -2.19. The van der Waals surface area contributed by atoms with Gasteiger partial charge in [-0.3, -0.25) is 0 Å². The second-order valence-corrected chi connectivity index (χ2v) is 7.34. The molecule has 1 saturated carbocycles. The fraction of sp³-hybridized carbons (Fsp3) is 0.750. The summed E-state index contributed by atoms with van der Waals surface area (Å²) in [5.74, 6) is 0.432. The highest BCUT2D eigenvalue weighted by Gasteiger charge is 2.33. The van der Waals surface area contributed by atoms with Crippen molar-refractivity contribution in [3.63, 3.8) is 0 Å². The van der Waals surface area contributed by atoms with Crippen LogP contribution in [0.1, 0.15) is 73.2 Å². The molecule has 2 fully saturated rings. The Hall–Kier alpha value is -1.10. The normalized spacial score (nSPS) is 23.1. The van der Waals surface area contributed by atoms with E-state index in [4.69, 9.17) is 4.98 Å². The van der Waals surface area contributed by atoms with Crippen LogP contribution in [-0.4, -0.2) is 29.1 Å². The minimum Gasteiger partial charge on any atom is -0.477 e. The van der Waals surface area contributed by atoms with Crippen LogP contribution in [-0.2, 0) is 0 Å². The Kier molecular flexibility index (Phi) is 4.48. The largest absolute Gasteiger partial charge is 0.477 e. The Morgan fingerprint density at radius 2 is 2.14 bits per heavy atom. The van der Waals surface area contributed by atoms with Crippen LogP contribution in [0.3, 0.4) is 0 Å². The summed E-state index contributed by atoms with van der Waals surface area (Å²) in [6, 6.07) is 0. The molecule has 2 heterocycles. The van der Waals surface area contributed by atoms with E-state index < -0.39 is 5.97 Å². The highest BCUT2D eigenvalue weighted by Crippen LogP contribution is 2.44. The van der Waals surface area contributed by atoms with E-state index in [9.17, 15) is 9.90 Å². The molecule has 0 spiro atoms. The van der Waals surface area contributed by atoms with Gasteiger partial charge in [0.25, 0.3) is 0 Å². The quantitative estimate of drug-likeness (QED) is 0.888. The molecule has 0 amide bonds. The molecule has 2 aliphatic rings. The molecular weight excluding hydrogens is 284 g/mol. The van der Waals surface area contributed by atoms with Gasteiger partial charge < -0.3 is 10.0 Å². The lowest BCUT2D eigenvalue weighted by atomic mass is 9.96. The van der Waals surface area contributed by atoms with Crippen molar-refractivity contribution in [1.29, 1.82) is 0 Å². The average Bonchev–Trinajstić information content (AvgIpc) is 3.24. The van der Waals surface area contributed by atoms with Gasteiger partial charge in [0.2, 0.25) is 0 Å². The molecule has 1 atom stereocenters. The van der Waals surface area contributed by atoms with E-state index in [0.717, 1.165) is 42.7 Å². The number of rotatable bonds is 5. The zero-order valence-corrected chi connectivity index (χ0v) is 13.5. The van der Waals surface area contributed by atoms with Crippen LogP contribution in [0.25, 0.3) is 0 Å². The molecule has 0 radical (unpaired) electrons. The van der Waals surface area contributed by atoms with Gasteiger partial charge in [0, 0.05) is 19.0 Å². The van der Waals surface area contributed by atoms with Crippen molar-refractivity contribution < 1.29 is 9.90 Å². The first-order chi connectivity index (χ1) is 10.2. The monoisotopic (exact) mass is 308 g/mol. The van der Waals surface area contributed by atoms with Gasteiger partial charge in [-0.05, 0) is 38.0 Å². The van der Waals surface area contributed by atoms with Crippen molar-refractivity contribution in [3.8, 4) is 0 Å². The number of nitrogens with zero attached hydrogens (tertiary/aromatic N) is 2. The number of thiazole rings is 1. The van der Waals surface area contributed by atoms with E-state index >= 15 is 0 Å². The molecule has 5 heteroatoms. The lowest BCUT2D eigenvalue weighted by molar-refractivity contribution is 0.0700. The van der Waals surface area contributed by atoms with Crippen LogP contribution in [0.4, 0.5) is 5.13 Å². The molecule has 1 saturated heterocycles. The fourth-order valence-electron chi connectivity index (χ4n) is 3.30. The van der Waals surface area contributed by atoms with Crippen molar-refractivity contribution >= 4 is 22.4 Å². The van der Waals surface area contributed by atoms with Crippen molar-refractivity contribution in [3.05, 3.63) is 10.6 Å². The number of hydrogen-bond donors (Lipinski definition) is 1. The van der Waals surface area contributed by atoms with Gasteiger partial charge in [0.1, 0.15) is 4.88 Å². The van der Waals surface area contributed by atoms with E-state index in [-0.39, 0.29) is 0 Å². The van der Waals surface area contributed by atoms with E-state index in [0.29, 0.717) is 10.8 Å². The third-order valence-corrected chi connectivity index (χ3v) is 5.74. The molecular formula is C16H24N2O2S. The Morgan fingerprint density at radius 1 is 1.33 bits per heavy atom. The first kappa shape index (κ1) is 14.8. The van der Waals surface area contributed by atoms with Crippen LogP contribution >= 0.6 is 11.3 Å². The Balaban J connectivity index is 1.74. The second kappa shape index (κ2) is 6.34. The van der Waals surface area contributed by atoms with Crippen LogP contribution in [0.5, 0.6) is 0 Å². The molecule has 3 rings (SSSR count). The van der Waals surface area contributed by atoms with Gasteiger partial charge in [-0.2, -0.15) is 0 Å². The Morgan fingerprint density at radius 3 is 2.81 bits per heavy atom. The van der Waals surface area contributed by atoms with Crippen molar-refractivity contribution in [2.45, 2.75) is 57.8 Å². The van der Waals surface area contributed by atoms with Gasteiger partial charge in [-0.25, -0.2) is 9.78 Å². The second-order valence-electron chi connectivity index (χ2n) is 6.36. The SMILES string of the molecule is CCCC1CCCN(c2nc(C3CC3)c(C(=O)O)s2)CC1. The average molecular weight is 308 g/mol. The minimum atomic E-state index is -0.806. The number of aromatic nitrogens is 1. The summed E-state index contributed by atoms with van der Waals surface area (Å²) in [6.45, 7) is 4.31. The first-order valence-corrected chi connectivity index (χ1v) is 8.99. The molecule has 1 aliphatic heterocycles. The van der Waals surface area contributed by atoms with Crippen LogP contribution in [0.15, 0.2) is 0 Å². The van der Waals surface area contributed by atoms with Crippen molar-refractivity contribution in [2.24, 2.45) is 5.92 Å². The minimum absolute atomic E-state index is 0.404. The summed E-state index contributed by atoms with van der Waals surface area (Å²) in [5, 5.41) is 10.3. The number of carbonyl (C=O) groups is 1. The molecule has 0 aromatic carbocycles. The van der Waals surface area contributed by atoms with Crippen molar-refractivity contribution in [2.75, 3.05) is 18.0 Å². The predicted octanol–water partition coefficient (Wildman–Crippen LogP) is 4.13. The Bertz CT molecular complexity index is 510. The Labute approximate surface area is 130 Å². The van der Waals surface area contributed by atoms with E-state index in [1.54, 1.807) is 0 Å². The highest BCUT2D eigenvalue weighted by atomic mass is 32.1. The summed E-state index contributed by atoms with van der Waals surface area (Å²) in [5.41, 5.74) is 0.844. The molecule has 21 heavy (non-hydrogen) atoms. The lowest BCUT2D eigenvalue weighted by Crippen LogP contribution is -2.24. The molecule has 116 valence electrons. The van der Waals surface area contributed by atoms with E-state index in [1.807, 2.05) is 0 Å². The van der Waals surface area contributed by atoms with Gasteiger partial charge in [0.15, 0.2) is 5.13 Å². The van der Waals surface area contributed by atoms with Gasteiger partial charge in [-0.15, -0.1) is 0 Å². The van der Waals surface area contributed by atoms with E-state index in [2.05, 4.69) is 11.8 Å². The molecule has 1 aromatic rings. The zero-order valence-electron chi connectivity index (χ0n) is 12.7. The van der Waals surface area contributed by atoms with Gasteiger partial charge in [0.05, 0.1) is 5.69 Å². The maximum atomic E-state index is 11.4. The number of carboxylic acid groups (broad SMARTS) is 1. The molecule has 4 nitrogen and oxygen atoms in total. The molecule has 1 aromatic heterocycles. The third kappa shape index (κ3) is 3.39. The smallest absolute Gasteiger partial charge is 0.347 e. The summed E-state index contributed by atoms with van der Waals surface area (Å²) in [7, 11) is 0. The third-order valence-electron chi connectivity index (χ3n) is 4.62. The number of aromatic carboxylic acids is 1. The zero-order chi connectivity index (χ0) is 14.8. The number of anilines is 1. The maximum Gasteiger partial charge on any atom is 0.347 e. The molecule has 1 aliphatic carbocycles. The van der Waals surface area contributed by atoms with Crippen LogP contribution in [0.2, 0.25) is 0 Å². The van der Waals surface area contributed by atoms with E-state index in [1.165, 1.54) is 43.4 Å². The summed E-state index contributed by atoms with van der Waals surface area (Å²) >= 11 is 1.38. The molecule has 1 unspecified atom stereocenters. The molecule has 0 bridgehead atoms. The van der Waals surface area contributed by atoms with Crippen LogP contribution in [0, 0.1) is 5.92 Å². The highest BCUT2D eigenvalue weighted by molar-refractivity contribution is 7.17. The topological polar surface area (TPSA) is 53.4 Å². The number of hydrogen-bond acceptors (Lipinski definition) is 4. The standard InChI is InChI=1S/C16H24N2O2S/c1-2-4-11-5-3-9-18(10-8-11)16-17-13(12-6-7-12)14(21-16)15(19)20/h11-12H,2-10H2,1H3,(H,19,20). The first-order valence-electron chi connectivity index (χ1n) is 8.18. The van der Waals surface area contributed by atoms with Gasteiger partial charge in [-0.1, -0.05) is 31.1 Å².